The molecule has 3 rings (SSSR count). The van der Waals surface area contributed by atoms with Gasteiger partial charge >= 0.3 is 19.4 Å². The van der Waals surface area contributed by atoms with E-state index in [2.05, 4.69) is 5.09 Å². The summed E-state index contributed by atoms with van der Waals surface area (Å²) in [4.78, 5) is 36.5. The van der Waals surface area contributed by atoms with Gasteiger partial charge in [-0.15, -0.1) is 0 Å². The molecule has 0 bridgehead atoms. The topological polar surface area (TPSA) is 189 Å². The molecule has 13 nitrogen and oxygen atoms in total. The number of nitrogens with zero attached hydrogens (tertiary/aromatic N) is 1. The van der Waals surface area contributed by atoms with Crippen LogP contribution in [0, 0.1) is 0 Å². The summed E-state index contributed by atoms with van der Waals surface area (Å²) in [5.74, 6) is -4.64. The van der Waals surface area contributed by atoms with Crippen molar-refractivity contribution in [1.29, 1.82) is 0 Å². The van der Waals surface area contributed by atoms with Gasteiger partial charge in [0.25, 0.3) is 11.4 Å². The van der Waals surface area contributed by atoms with Gasteiger partial charge in [-0.3, -0.25) is 23.7 Å². The predicted molar refractivity (Wildman–Crippen MR) is 113 cm³/mol. The van der Waals surface area contributed by atoms with Crippen LogP contribution in [0.5, 0.6) is 5.75 Å². The Morgan fingerprint density at radius 1 is 1.35 bits per heavy atom. The Bertz CT molecular complexity index is 1200. The molecule has 0 amide bonds. The van der Waals surface area contributed by atoms with Gasteiger partial charge in [0.15, 0.2) is 6.23 Å². The summed E-state index contributed by atoms with van der Waals surface area (Å²) in [6, 6.07) is 6.94. The van der Waals surface area contributed by atoms with Crippen molar-refractivity contribution < 1.29 is 42.9 Å². The lowest BCUT2D eigenvalue weighted by atomic mass is 9.95. The number of benzene rings is 1. The molecule has 34 heavy (non-hydrogen) atoms. The van der Waals surface area contributed by atoms with Gasteiger partial charge in [0.05, 0.1) is 0 Å². The standard InChI is InChI=1S/C19H23FN3O10P/c1-11(14(25)26)22-34(30,33-12-6-4-3-5-7-12)31-10-19(20)15(27)18(2,29)16(32-19)23-9-8-13(24)21-17(23)28/h3-9,11,15-16,27,29H,10H2,1-2H3,(H,22,30)(H,25,26)(H,21,24,28)/t11?,15-,16+,18+,19+,34-/m0/s1. The number of aliphatic hydroxyl groups excluding tert-OH is 1. The van der Waals surface area contributed by atoms with Crippen LogP contribution >= 0.6 is 7.75 Å². The van der Waals surface area contributed by atoms with Gasteiger partial charge in [-0.1, -0.05) is 18.2 Å². The van der Waals surface area contributed by atoms with E-state index in [9.17, 15) is 29.2 Å². The number of para-hydroxylation sites is 1. The average Bonchev–Trinajstić information content (AvgIpc) is 2.93. The second kappa shape index (κ2) is 9.41. The fourth-order valence-electron chi connectivity index (χ4n) is 3.18. The first-order valence-corrected chi connectivity index (χ1v) is 11.4. The number of carboxylic acids is 1. The van der Waals surface area contributed by atoms with Gasteiger partial charge in [0, 0.05) is 12.3 Å². The van der Waals surface area contributed by atoms with E-state index in [-0.39, 0.29) is 5.75 Å². The maximum Gasteiger partial charge on any atom is 0.459 e. The Morgan fingerprint density at radius 3 is 2.59 bits per heavy atom. The smallest absolute Gasteiger partial charge is 0.459 e. The minimum atomic E-state index is -4.58. The van der Waals surface area contributed by atoms with Crippen LogP contribution in [0.4, 0.5) is 4.39 Å². The Labute approximate surface area is 191 Å². The Morgan fingerprint density at radius 2 is 2.00 bits per heavy atom. The lowest BCUT2D eigenvalue weighted by Crippen LogP contribution is -2.50. The van der Waals surface area contributed by atoms with E-state index in [0.717, 1.165) is 26.1 Å². The van der Waals surface area contributed by atoms with Crippen molar-refractivity contribution in [2.75, 3.05) is 6.61 Å². The number of H-pyrrole nitrogens is 1. The molecule has 1 saturated heterocycles. The van der Waals surface area contributed by atoms with Crippen molar-refractivity contribution in [2.24, 2.45) is 0 Å². The molecule has 5 N–H and O–H groups in total. The number of alkyl halides is 1. The van der Waals surface area contributed by atoms with Crippen LogP contribution in [-0.4, -0.2) is 61.0 Å². The van der Waals surface area contributed by atoms with Crippen LogP contribution in [0.3, 0.4) is 0 Å². The van der Waals surface area contributed by atoms with E-state index in [1.165, 1.54) is 24.3 Å². The van der Waals surface area contributed by atoms with Gasteiger partial charge < -0.3 is 24.6 Å². The maximum atomic E-state index is 15.6. The van der Waals surface area contributed by atoms with Crippen LogP contribution < -0.4 is 20.9 Å². The third-order valence-corrected chi connectivity index (χ3v) is 6.62. The summed E-state index contributed by atoms with van der Waals surface area (Å²) in [5.41, 5.74) is -4.22. The zero-order chi connectivity index (χ0) is 25.3. The molecule has 1 aliphatic rings. The van der Waals surface area contributed by atoms with Crippen LogP contribution in [0.1, 0.15) is 20.1 Å². The van der Waals surface area contributed by atoms with Gasteiger partial charge in [0.1, 0.15) is 30.1 Å². The highest BCUT2D eigenvalue weighted by atomic mass is 31.2. The van der Waals surface area contributed by atoms with Crippen LogP contribution in [0.15, 0.2) is 52.2 Å². The highest BCUT2D eigenvalue weighted by Gasteiger charge is 2.63. The van der Waals surface area contributed by atoms with Crippen LogP contribution in [0.2, 0.25) is 0 Å². The highest BCUT2D eigenvalue weighted by molar-refractivity contribution is 7.52. The van der Waals surface area contributed by atoms with Crippen molar-refractivity contribution in [3.05, 3.63) is 63.4 Å². The summed E-state index contributed by atoms with van der Waals surface area (Å²) in [6.07, 6.45) is -3.22. The van der Waals surface area contributed by atoms with Gasteiger partial charge in [-0.05, 0) is 26.0 Å². The number of aliphatic carboxylic acids is 1. The zero-order valence-corrected chi connectivity index (χ0v) is 18.8. The summed E-state index contributed by atoms with van der Waals surface area (Å²) in [7, 11) is -4.58. The van der Waals surface area contributed by atoms with Crippen LogP contribution in [0.25, 0.3) is 0 Å². The zero-order valence-electron chi connectivity index (χ0n) is 18.0. The molecule has 1 aromatic carbocycles. The molecule has 15 heteroatoms. The van der Waals surface area contributed by atoms with E-state index in [0.29, 0.717) is 4.57 Å². The molecule has 0 aliphatic carbocycles. The van der Waals surface area contributed by atoms with E-state index in [1.54, 1.807) is 6.07 Å². The van der Waals surface area contributed by atoms with Crippen molar-refractivity contribution in [2.45, 2.75) is 43.7 Å². The molecule has 1 aromatic heterocycles. The minimum Gasteiger partial charge on any atom is -0.480 e. The SMILES string of the molecule is CC(N[P@](=O)(OC[C@@]1(F)O[C@@H](n2ccc(=O)[nH]c2=O)[C@](C)(O)[C@@H]1O)Oc1ccccc1)C(=O)O. The number of hydrogen-bond donors (Lipinski definition) is 5. The number of halogens is 1. The Hall–Kier alpha value is -2.87. The first kappa shape index (κ1) is 25.7. The van der Waals surface area contributed by atoms with Crippen molar-refractivity contribution in [1.82, 2.24) is 14.6 Å². The molecule has 1 unspecified atom stereocenters. The summed E-state index contributed by atoms with van der Waals surface area (Å²) >= 11 is 0. The molecule has 1 aliphatic heterocycles. The lowest BCUT2D eigenvalue weighted by molar-refractivity contribution is -0.204. The minimum absolute atomic E-state index is 0.00128. The third kappa shape index (κ3) is 5.27. The van der Waals surface area contributed by atoms with E-state index in [1.807, 2.05) is 4.98 Å². The molecular formula is C19H23FN3O10P. The second-order valence-electron chi connectivity index (χ2n) is 7.77. The van der Waals surface area contributed by atoms with E-state index >= 15 is 4.39 Å². The van der Waals surface area contributed by atoms with E-state index < -0.39 is 61.4 Å². The highest BCUT2D eigenvalue weighted by Crippen LogP contribution is 2.50. The summed E-state index contributed by atoms with van der Waals surface area (Å²) in [6.45, 7) is 0.816. The molecule has 0 saturated carbocycles. The van der Waals surface area contributed by atoms with Gasteiger partial charge in [0.2, 0.25) is 0 Å². The maximum absolute atomic E-state index is 15.6. The summed E-state index contributed by atoms with van der Waals surface area (Å²) in [5, 5.41) is 32.4. The largest absolute Gasteiger partial charge is 0.480 e. The monoisotopic (exact) mass is 503 g/mol. The molecule has 0 spiro atoms. The fourth-order valence-corrected chi connectivity index (χ4v) is 4.69. The molecule has 6 atom stereocenters. The number of aromatic amines is 1. The number of nitrogens with one attached hydrogen (secondary N) is 2. The van der Waals surface area contributed by atoms with Crippen molar-refractivity contribution in [3.63, 3.8) is 0 Å². The quantitative estimate of drug-likeness (QED) is 0.292. The van der Waals surface area contributed by atoms with Crippen molar-refractivity contribution >= 4 is 13.7 Å². The molecule has 2 aromatic rings. The van der Waals surface area contributed by atoms with Crippen LogP contribution in [-0.2, 0) is 18.6 Å². The molecule has 0 radical (unpaired) electrons. The normalized spacial score (nSPS) is 29.3. The molecule has 186 valence electrons. The number of aromatic nitrogens is 2. The number of aliphatic hydroxyl groups is 2. The van der Waals surface area contributed by atoms with E-state index in [4.69, 9.17) is 18.9 Å². The molecule has 2 heterocycles. The third-order valence-electron chi connectivity index (χ3n) is 5.00. The van der Waals surface area contributed by atoms with Gasteiger partial charge in [-0.25, -0.2) is 13.8 Å². The molecular weight excluding hydrogens is 480 g/mol. The first-order chi connectivity index (χ1) is 15.8. The van der Waals surface area contributed by atoms with Gasteiger partial charge in [-0.2, -0.15) is 5.09 Å². The first-order valence-electron chi connectivity index (χ1n) is 9.86. The average molecular weight is 503 g/mol. The number of rotatable bonds is 9. The second-order valence-corrected chi connectivity index (χ2v) is 9.46. The number of ether oxygens (including phenoxy) is 1. The van der Waals surface area contributed by atoms with Crippen molar-refractivity contribution in [3.8, 4) is 5.75 Å². The number of carboxylic acid groups (broad SMARTS) is 1. The summed E-state index contributed by atoms with van der Waals surface area (Å²) < 4.78 is 45.0. The Balaban J connectivity index is 1.87. The number of hydrogen-bond acceptors (Lipinski definition) is 9. The number of carbonyl (C=O) groups is 1. The fraction of sp³-hybridized carbons (Fsp3) is 0.421. The Kier molecular flexibility index (Phi) is 7.12. The molecule has 1 fully saturated rings. The predicted octanol–water partition coefficient (Wildman–Crippen LogP) is 0.110. The lowest BCUT2D eigenvalue weighted by Gasteiger charge is -2.28.